The van der Waals surface area contributed by atoms with E-state index >= 15 is 0 Å². The number of benzene rings is 2. The van der Waals surface area contributed by atoms with Gasteiger partial charge in [-0.25, -0.2) is 9.59 Å². The monoisotopic (exact) mass is 379 g/mol. The minimum Gasteiger partial charge on any atom is -0.465 e. The average molecular weight is 379 g/mol. The number of allylic oxidation sites excluding steroid dienone is 1. The van der Waals surface area contributed by atoms with Crippen molar-refractivity contribution in [3.05, 3.63) is 83.1 Å². The number of hydroxylamine groups is 2. The second-order valence-electron chi connectivity index (χ2n) is 6.81. The van der Waals surface area contributed by atoms with Gasteiger partial charge in [-0.2, -0.15) is 0 Å². The van der Waals surface area contributed by atoms with Crippen LogP contribution in [0.3, 0.4) is 0 Å². The van der Waals surface area contributed by atoms with Gasteiger partial charge in [-0.05, 0) is 24.0 Å². The summed E-state index contributed by atoms with van der Waals surface area (Å²) < 4.78 is 10.5. The summed E-state index contributed by atoms with van der Waals surface area (Å²) in [7, 11) is 1.33. The summed E-state index contributed by atoms with van der Waals surface area (Å²) in [6.07, 6.45) is 1.20. The summed E-state index contributed by atoms with van der Waals surface area (Å²) in [5.41, 5.74) is 2.00. The Morgan fingerprint density at radius 1 is 1.04 bits per heavy atom. The third-order valence-electron chi connectivity index (χ3n) is 4.82. The maximum Gasteiger partial charge on any atom is 0.444 e. The topological polar surface area (TPSA) is 65.1 Å². The number of esters is 1. The van der Waals surface area contributed by atoms with Gasteiger partial charge in [0.2, 0.25) is 0 Å². The van der Waals surface area contributed by atoms with E-state index in [0.717, 1.165) is 29.0 Å². The van der Waals surface area contributed by atoms with E-state index < -0.39 is 18.1 Å². The fourth-order valence-corrected chi connectivity index (χ4v) is 3.28. The third kappa shape index (κ3) is 3.58. The molecule has 2 aromatic carbocycles. The quantitative estimate of drug-likeness (QED) is 0.730. The Hall–Kier alpha value is -3.28. The lowest BCUT2D eigenvalue weighted by Crippen LogP contribution is -2.32. The van der Waals surface area contributed by atoms with Gasteiger partial charge < -0.3 is 14.3 Å². The normalized spacial score (nSPS) is 18.6. The Bertz CT molecular complexity index is 890. The number of rotatable bonds is 5. The van der Waals surface area contributed by atoms with E-state index in [1.165, 1.54) is 7.11 Å². The van der Waals surface area contributed by atoms with Crippen LogP contribution in [0.4, 0.5) is 4.79 Å². The van der Waals surface area contributed by atoms with Crippen molar-refractivity contribution >= 4 is 12.1 Å². The number of nitrogens with zero attached hydrogens (tertiary/aromatic N) is 1. The molecule has 0 aromatic heterocycles. The Morgan fingerprint density at radius 2 is 1.68 bits per heavy atom. The number of methoxy groups -OCH3 is 1. The molecule has 1 atom stereocenters. The van der Waals surface area contributed by atoms with E-state index in [-0.39, 0.29) is 12.5 Å². The molecular formula is C22H21NO5. The predicted octanol–water partition coefficient (Wildman–Crippen LogP) is 4.15. The molecule has 0 spiro atoms. The van der Waals surface area contributed by atoms with Crippen LogP contribution in [0.25, 0.3) is 0 Å². The van der Waals surface area contributed by atoms with Crippen molar-refractivity contribution in [1.29, 1.82) is 0 Å². The summed E-state index contributed by atoms with van der Waals surface area (Å²) in [5.74, 6) is 0.152. The van der Waals surface area contributed by atoms with E-state index in [9.17, 15) is 9.59 Å². The molecule has 4 rings (SSSR count). The fourth-order valence-electron chi connectivity index (χ4n) is 3.28. The zero-order valence-corrected chi connectivity index (χ0v) is 15.5. The van der Waals surface area contributed by atoms with Gasteiger partial charge in [0.1, 0.15) is 24.0 Å². The van der Waals surface area contributed by atoms with Gasteiger partial charge >= 0.3 is 12.1 Å². The lowest BCUT2D eigenvalue weighted by atomic mass is 9.97. The van der Waals surface area contributed by atoms with Gasteiger partial charge in [-0.15, -0.1) is 5.06 Å². The zero-order chi connectivity index (χ0) is 19.5. The summed E-state index contributed by atoms with van der Waals surface area (Å²) in [6.45, 7) is 0.118. The first kappa shape index (κ1) is 18.1. The van der Waals surface area contributed by atoms with Crippen molar-refractivity contribution < 1.29 is 23.9 Å². The van der Waals surface area contributed by atoms with Crippen LogP contribution >= 0.6 is 0 Å². The molecule has 1 saturated carbocycles. The maximum atomic E-state index is 12.8. The van der Waals surface area contributed by atoms with Crippen LogP contribution in [0, 0.1) is 5.92 Å². The average Bonchev–Trinajstić information content (AvgIpc) is 3.52. The first-order valence-electron chi connectivity index (χ1n) is 9.24. The molecule has 0 saturated heterocycles. The summed E-state index contributed by atoms with van der Waals surface area (Å²) in [5, 5.41) is 1.15. The molecule has 0 radical (unpaired) electrons. The van der Waals surface area contributed by atoms with Crippen LogP contribution in [0.5, 0.6) is 0 Å². The van der Waals surface area contributed by atoms with Gasteiger partial charge in [0, 0.05) is 5.92 Å². The molecule has 2 aliphatic rings. The van der Waals surface area contributed by atoms with Crippen LogP contribution in [-0.2, 0) is 25.7 Å². The molecule has 0 N–H and O–H groups in total. The molecule has 1 heterocycles. The first-order chi connectivity index (χ1) is 13.7. The minimum absolute atomic E-state index is 0.118. The summed E-state index contributed by atoms with van der Waals surface area (Å²) in [4.78, 5) is 31.3. The van der Waals surface area contributed by atoms with Crippen molar-refractivity contribution in [2.75, 3.05) is 7.11 Å². The second kappa shape index (κ2) is 7.76. The van der Waals surface area contributed by atoms with Crippen molar-refractivity contribution in [1.82, 2.24) is 5.06 Å². The van der Waals surface area contributed by atoms with E-state index in [4.69, 9.17) is 14.3 Å². The molecule has 1 aliphatic heterocycles. The Kier molecular flexibility index (Phi) is 5.02. The number of carbonyl (C=O) groups is 2. The highest BCUT2D eigenvalue weighted by molar-refractivity contribution is 5.92. The second-order valence-corrected chi connectivity index (χ2v) is 6.81. The van der Waals surface area contributed by atoms with Crippen LogP contribution in [0.2, 0.25) is 0 Å². The molecule has 1 fully saturated rings. The molecule has 6 heteroatoms. The largest absolute Gasteiger partial charge is 0.465 e. The Labute approximate surface area is 163 Å². The summed E-state index contributed by atoms with van der Waals surface area (Å²) in [6, 6.07) is 18.0. The Morgan fingerprint density at radius 3 is 2.29 bits per heavy atom. The van der Waals surface area contributed by atoms with Crippen LogP contribution in [-0.4, -0.2) is 24.2 Å². The van der Waals surface area contributed by atoms with Gasteiger partial charge in [0.05, 0.1) is 7.11 Å². The summed E-state index contributed by atoms with van der Waals surface area (Å²) >= 11 is 0. The zero-order valence-electron chi connectivity index (χ0n) is 15.5. The van der Waals surface area contributed by atoms with Crippen molar-refractivity contribution in [3.63, 3.8) is 0 Å². The fraction of sp³-hybridized carbons (Fsp3) is 0.273. The molecule has 28 heavy (non-hydrogen) atoms. The highest BCUT2D eigenvalue weighted by atomic mass is 16.7. The van der Waals surface area contributed by atoms with E-state index in [2.05, 4.69) is 0 Å². The van der Waals surface area contributed by atoms with Crippen molar-refractivity contribution in [3.8, 4) is 0 Å². The number of hydrogen-bond donors (Lipinski definition) is 0. The smallest absolute Gasteiger partial charge is 0.444 e. The highest BCUT2D eigenvalue weighted by Crippen LogP contribution is 2.48. The first-order valence-corrected chi connectivity index (χ1v) is 9.24. The van der Waals surface area contributed by atoms with Crippen molar-refractivity contribution in [2.45, 2.75) is 25.5 Å². The molecule has 1 amide bonds. The van der Waals surface area contributed by atoms with Crippen LogP contribution in [0.1, 0.15) is 30.0 Å². The van der Waals surface area contributed by atoms with Gasteiger partial charge in [-0.3, -0.25) is 0 Å². The minimum atomic E-state index is -0.701. The van der Waals surface area contributed by atoms with Crippen molar-refractivity contribution in [2.24, 2.45) is 5.92 Å². The highest BCUT2D eigenvalue weighted by Gasteiger charge is 2.48. The van der Waals surface area contributed by atoms with E-state index in [1.807, 2.05) is 60.7 Å². The molecular weight excluding hydrogens is 358 g/mol. The van der Waals surface area contributed by atoms with Gasteiger partial charge in [0.25, 0.3) is 0 Å². The Balaban J connectivity index is 1.62. The van der Waals surface area contributed by atoms with Crippen LogP contribution in [0.15, 0.2) is 72.0 Å². The molecule has 144 valence electrons. The van der Waals surface area contributed by atoms with Crippen LogP contribution < -0.4 is 0 Å². The molecule has 1 unspecified atom stereocenters. The molecule has 2 aromatic rings. The maximum absolute atomic E-state index is 12.8. The molecule has 6 nitrogen and oxygen atoms in total. The lowest BCUT2D eigenvalue weighted by Gasteiger charge is -2.23. The number of ether oxygens (including phenoxy) is 2. The van der Waals surface area contributed by atoms with E-state index in [1.54, 1.807) is 0 Å². The third-order valence-corrected chi connectivity index (χ3v) is 4.82. The SMILES string of the molecule is COC(=O)C1=C(C2CC2)ON(C(=O)OCc2ccccc2)C1c1ccccc1. The lowest BCUT2D eigenvalue weighted by molar-refractivity contribution is -0.137. The predicted molar refractivity (Wildman–Crippen MR) is 101 cm³/mol. The van der Waals surface area contributed by atoms with Gasteiger partial charge in [0.15, 0.2) is 0 Å². The van der Waals surface area contributed by atoms with Gasteiger partial charge in [-0.1, -0.05) is 60.7 Å². The standard InChI is InChI=1S/C22H21NO5/c1-26-21(24)18-19(16-10-6-3-7-11-16)23(28-20(18)17-12-13-17)22(25)27-14-15-8-4-2-5-9-15/h2-11,17,19H,12-14H2,1H3. The number of amides is 1. The molecule has 0 bridgehead atoms. The molecule has 1 aliphatic carbocycles. The number of hydrogen-bond acceptors (Lipinski definition) is 5. The number of carbonyl (C=O) groups excluding carboxylic acids is 2. The van der Waals surface area contributed by atoms with E-state index in [0.29, 0.717) is 11.3 Å².